The third kappa shape index (κ3) is 3.30. The number of nitrogens with zero attached hydrogens (tertiary/aromatic N) is 1. The Morgan fingerprint density at radius 1 is 1.25 bits per heavy atom. The molecule has 3 heteroatoms. The van der Waals surface area contributed by atoms with Gasteiger partial charge < -0.3 is 0 Å². The van der Waals surface area contributed by atoms with Crippen molar-refractivity contribution in [1.29, 1.82) is 0 Å². The van der Waals surface area contributed by atoms with Gasteiger partial charge >= 0.3 is 0 Å². The Hall–Kier alpha value is -0.380. The van der Waals surface area contributed by atoms with E-state index in [1.807, 2.05) is 0 Å². The number of nitrogens with two attached hydrogens (primary N) is 1. The minimum Gasteiger partial charge on any atom is -0.296 e. The lowest BCUT2D eigenvalue weighted by Gasteiger charge is -2.45. The summed E-state index contributed by atoms with van der Waals surface area (Å²) >= 11 is 0. The van der Waals surface area contributed by atoms with Gasteiger partial charge in [-0.05, 0) is 53.6 Å². The smallest absolute Gasteiger partial charge is 0.0571 e. The Bertz CT molecular complexity index is 236. The quantitative estimate of drug-likeness (QED) is 0.437. The first-order valence-corrected chi connectivity index (χ1v) is 6.34. The molecule has 1 unspecified atom stereocenters. The summed E-state index contributed by atoms with van der Waals surface area (Å²) in [6, 6.07) is 0.218. The molecule has 0 spiro atoms. The van der Waals surface area contributed by atoms with E-state index < -0.39 is 0 Å². The van der Waals surface area contributed by atoms with Crippen LogP contribution in [0.2, 0.25) is 0 Å². The zero-order chi connectivity index (χ0) is 12.2. The Labute approximate surface area is 100 Å². The summed E-state index contributed by atoms with van der Waals surface area (Å²) in [6.07, 6.45) is 6.23. The molecule has 0 aromatic carbocycles. The Morgan fingerprint density at radius 2 is 1.81 bits per heavy atom. The van der Waals surface area contributed by atoms with Crippen molar-refractivity contribution in [3.05, 3.63) is 11.6 Å². The standard InChI is InChI=1S/C13H27N3/c1-11(2)10-12(15-14)13(3,4)16-8-6-5-7-9-16/h10,12,15H,5-9,14H2,1-4H3. The molecule has 1 saturated heterocycles. The fraction of sp³-hybridized carbons (Fsp3) is 0.846. The highest BCUT2D eigenvalue weighted by atomic mass is 15.3. The molecule has 0 bridgehead atoms. The lowest BCUT2D eigenvalue weighted by molar-refractivity contribution is 0.0747. The number of hydrogen-bond donors (Lipinski definition) is 2. The summed E-state index contributed by atoms with van der Waals surface area (Å²) in [5.41, 5.74) is 4.36. The molecular weight excluding hydrogens is 198 g/mol. The van der Waals surface area contributed by atoms with Crippen LogP contribution in [0.15, 0.2) is 11.6 Å². The van der Waals surface area contributed by atoms with Crippen LogP contribution < -0.4 is 11.3 Å². The molecule has 0 aromatic heterocycles. The number of hydrazine groups is 1. The maximum atomic E-state index is 5.69. The van der Waals surface area contributed by atoms with Crippen molar-refractivity contribution in [3.63, 3.8) is 0 Å². The van der Waals surface area contributed by atoms with Gasteiger partial charge in [-0.15, -0.1) is 0 Å². The van der Waals surface area contributed by atoms with Crippen LogP contribution in [0.3, 0.4) is 0 Å². The predicted molar refractivity (Wildman–Crippen MR) is 70.0 cm³/mol. The number of allylic oxidation sites excluding steroid dienone is 1. The van der Waals surface area contributed by atoms with Gasteiger partial charge in [0, 0.05) is 5.54 Å². The second-order valence-electron chi connectivity index (χ2n) is 5.59. The van der Waals surface area contributed by atoms with Gasteiger partial charge in [0.25, 0.3) is 0 Å². The molecule has 0 aliphatic carbocycles. The van der Waals surface area contributed by atoms with Gasteiger partial charge in [-0.1, -0.05) is 18.1 Å². The molecule has 3 N–H and O–H groups in total. The molecule has 0 aromatic rings. The average molecular weight is 225 g/mol. The first-order valence-electron chi connectivity index (χ1n) is 6.34. The normalized spacial score (nSPS) is 20.6. The minimum atomic E-state index is 0.0897. The summed E-state index contributed by atoms with van der Waals surface area (Å²) < 4.78 is 0. The molecular formula is C13H27N3. The van der Waals surface area contributed by atoms with Crippen molar-refractivity contribution in [3.8, 4) is 0 Å². The van der Waals surface area contributed by atoms with Crippen molar-refractivity contribution >= 4 is 0 Å². The van der Waals surface area contributed by atoms with Crippen molar-refractivity contribution in [1.82, 2.24) is 10.3 Å². The lowest BCUT2D eigenvalue weighted by atomic mass is 9.89. The Balaban J connectivity index is 2.75. The largest absolute Gasteiger partial charge is 0.296 e. The van der Waals surface area contributed by atoms with Gasteiger partial charge in [0.05, 0.1) is 6.04 Å². The summed E-state index contributed by atoms with van der Waals surface area (Å²) in [4.78, 5) is 2.56. The number of rotatable bonds is 4. The zero-order valence-electron chi connectivity index (χ0n) is 11.2. The van der Waals surface area contributed by atoms with Crippen LogP contribution in [0.25, 0.3) is 0 Å². The predicted octanol–water partition coefficient (Wildman–Crippen LogP) is 2.05. The molecule has 0 saturated carbocycles. The van der Waals surface area contributed by atoms with Gasteiger partial charge in [0.1, 0.15) is 0 Å². The van der Waals surface area contributed by atoms with Crippen LogP contribution in [0.4, 0.5) is 0 Å². The molecule has 1 atom stereocenters. The molecule has 1 aliphatic heterocycles. The highest BCUT2D eigenvalue weighted by Gasteiger charge is 2.34. The maximum absolute atomic E-state index is 5.69. The Morgan fingerprint density at radius 3 is 2.25 bits per heavy atom. The lowest BCUT2D eigenvalue weighted by Crippen LogP contribution is -2.59. The van der Waals surface area contributed by atoms with Crippen molar-refractivity contribution < 1.29 is 0 Å². The zero-order valence-corrected chi connectivity index (χ0v) is 11.2. The van der Waals surface area contributed by atoms with Gasteiger partial charge in [-0.3, -0.25) is 16.2 Å². The molecule has 1 heterocycles. The summed E-state index contributed by atoms with van der Waals surface area (Å²) in [6.45, 7) is 11.2. The molecule has 94 valence electrons. The fourth-order valence-corrected chi connectivity index (χ4v) is 2.46. The highest BCUT2D eigenvalue weighted by molar-refractivity contribution is 5.09. The maximum Gasteiger partial charge on any atom is 0.0571 e. The summed E-state index contributed by atoms with van der Waals surface area (Å²) in [7, 11) is 0. The Kier molecular flexibility index (Phi) is 4.96. The first kappa shape index (κ1) is 13.7. The van der Waals surface area contributed by atoms with E-state index in [2.05, 4.69) is 44.1 Å². The number of piperidine rings is 1. The summed E-state index contributed by atoms with van der Waals surface area (Å²) in [5.74, 6) is 5.69. The van der Waals surface area contributed by atoms with Crippen molar-refractivity contribution in [2.24, 2.45) is 5.84 Å². The third-order valence-electron chi connectivity index (χ3n) is 3.61. The van der Waals surface area contributed by atoms with Crippen molar-refractivity contribution in [2.45, 2.75) is 58.5 Å². The molecule has 1 rings (SSSR count). The number of hydrogen-bond acceptors (Lipinski definition) is 3. The van der Waals surface area contributed by atoms with Crippen LogP contribution in [0.5, 0.6) is 0 Å². The minimum absolute atomic E-state index is 0.0897. The van der Waals surface area contributed by atoms with E-state index in [0.717, 1.165) is 0 Å². The fourth-order valence-electron chi connectivity index (χ4n) is 2.46. The van der Waals surface area contributed by atoms with E-state index in [-0.39, 0.29) is 11.6 Å². The van der Waals surface area contributed by atoms with Crippen LogP contribution in [0.1, 0.15) is 47.0 Å². The van der Waals surface area contributed by atoms with E-state index in [4.69, 9.17) is 5.84 Å². The number of likely N-dealkylation sites (tertiary alicyclic amines) is 1. The van der Waals surface area contributed by atoms with Crippen LogP contribution in [-0.4, -0.2) is 29.6 Å². The first-order chi connectivity index (χ1) is 7.48. The molecule has 0 amide bonds. The van der Waals surface area contributed by atoms with Gasteiger partial charge in [0.2, 0.25) is 0 Å². The van der Waals surface area contributed by atoms with E-state index in [1.165, 1.54) is 37.9 Å². The third-order valence-corrected chi connectivity index (χ3v) is 3.61. The van der Waals surface area contributed by atoms with E-state index in [0.29, 0.717) is 0 Å². The summed E-state index contributed by atoms with van der Waals surface area (Å²) in [5, 5.41) is 0. The van der Waals surface area contributed by atoms with Crippen LogP contribution in [0, 0.1) is 0 Å². The highest BCUT2D eigenvalue weighted by Crippen LogP contribution is 2.24. The van der Waals surface area contributed by atoms with Gasteiger partial charge in [-0.25, -0.2) is 0 Å². The van der Waals surface area contributed by atoms with E-state index >= 15 is 0 Å². The molecule has 3 nitrogen and oxygen atoms in total. The molecule has 1 aliphatic rings. The van der Waals surface area contributed by atoms with Crippen LogP contribution >= 0.6 is 0 Å². The van der Waals surface area contributed by atoms with Crippen LogP contribution in [-0.2, 0) is 0 Å². The number of nitrogens with one attached hydrogen (secondary N) is 1. The average Bonchev–Trinajstić information content (AvgIpc) is 2.26. The topological polar surface area (TPSA) is 41.3 Å². The second-order valence-corrected chi connectivity index (χ2v) is 5.59. The van der Waals surface area contributed by atoms with Crippen molar-refractivity contribution in [2.75, 3.05) is 13.1 Å². The van der Waals surface area contributed by atoms with Gasteiger partial charge in [0.15, 0.2) is 0 Å². The van der Waals surface area contributed by atoms with E-state index in [9.17, 15) is 0 Å². The molecule has 1 fully saturated rings. The van der Waals surface area contributed by atoms with Gasteiger partial charge in [-0.2, -0.15) is 0 Å². The molecule has 0 radical (unpaired) electrons. The molecule has 16 heavy (non-hydrogen) atoms. The monoisotopic (exact) mass is 225 g/mol. The SMILES string of the molecule is CC(C)=CC(NN)C(C)(C)N1CCCCC1. The second kappa shape index (κ2) is 5.80. The van der Waals surface area contributed by atoms with E-state index in [1.54, 1.807) is 0 Å².